The summed E-state index contributed by atoms with van der Waals surface area (Å²) in [7, 11) is 2.84. The maximum Gasteiger partial charge on any atom is 0.266 e. The summed E-state index contributed by atoms with van der Waals surface area (Å²) in [6.07, 6.45) is 1.30. The minimum atomic E-state index is -0.784. The van der Waals surface area contributed by atoms with Gasteiger partial charge in [0.1, 0.15) is 5.75 Å². The second kappa shape index (κ2) is 8.86. The maximum atomic E-state index is 11.7. The van der Waals surface area contributed by atoms with Crippen molar-refractivity contribution in [3.05, 3.63) is 27.8 Å². The molecule has 0 aromatic heterocycles. The number of hydrogen-bond donors (Lipinski definition) is 2. The first kappa shape index (κ1) is 18.6. The highest BCUT2D eigenvalue weighted by atomic mass is 32.1. The third-order valence-electron chi connectivity index (χ3n) is 2.65. The molecule has 0 bridgehead atoms. The molecule has 0 spiro atoms. The van der Waals surface area contributed by atoms with Crippen molar-refractivity contribution in [3.8, 4) is 11.5 Å². The minimum absolute atomic E-state index is 0.00358. The zero-order valence-corrected chi connectivity index (χ0v) is 13.7. The van der Waals surface area contributed by atoms with Crippen molar-refractivity contribution in [3.63, 3.8) is 0 Å². The number of nitro groups is 1. The Kier molecular flexibility index (Phi) is 7.16. The Labute approximate surface area is 138 Å². The van der Waals surface area contributed by atoms with E-state index >= 15 is 0 Å². The van der Waals surface area contributed by atoms with Gasteiger partial charge in [-0.05, 0) is 25.2 Å². The van der Waals surface area contributed by atoms with E-state index in [1.807, 2.05) is 6.92 Å². The molecular formula is C13H17N4O5S-. The largest absolute Gasteiger partial charge is 0.865 e. The van der Waals surface area contributed by atoms with E-state index in [-0.39, 0.29) is 16.9 Å². The molecule has 0 fully saturated rings. The van der Waals surface area contributed by atoms with Crippen molar-refractivity contribution in [1.29, 1.82) is 0 Å². The number of hydrazone groups is 1. The van der Waals surface area contributed by atoms with Crippen LogP contribution < -0.4 is 20.6 Å². The maximum absolute atomic E-state index is 11.7. The van der Waals surface area contributed by atoms with E-state index in [0.717, 1.165) is 6.07 Å². The van der Waals surface area contributed by atoms with Gasteiger partial charge in [-0.2, -0.15) is 5.10 Å². The third kappa shape index (κ3) is 5.68. The molecule has 0 radical (unpaired) electrons. The van der Waals surface area contributed by atoms with Crippen LogP contribution in [0.15, 0.2) is 17.2 Å². The van der Waals surface area contributed by atoms with Gasteiger partial charge in [-0.25, -0.2) is 0 Å². The van der Waals surface area contributed by atoms with Crippen LogP contribution >= 0.6 is 12.2 Å². The van der Waals surface area contributed by atoms with Gasteiger partial charge >= 0.3 is 0 Å². The van der Waals surface area contributed by atoms with Crippen molar-refractivity contribution in [2.45, 2.75) is 13.0 Å². The zero-order chi connectivity index (χ0) is 17.4. The SMILES string of the molecule is COC[C@H](C)NC(=S)N/N=C\c1cc(OC)c([O-])c([N+](=O)[O-])c1. The van der Waals surface area contributed by atoms with E-state index in [1.165, 1.54) is 19.4 Å². The number of nitrogens with zero attached hydrogens (tertiary/aromatic N) is 2. The number of hydrogen-bond acceptors (Lipinski definition) is 7. The smallest absolute Gasteiger partial charge is 0.266 e. The molecule has 0 unspecified atom stereocenters. The summed E-state index contributed by atoms with van der Waals surface area (Å²) in [5.74, 6) is -0.914. The van der Waals surface area contributed by atoms with Gasteiger partial charge in [0, 0.05) is 30.5 Å². The van der Waals surface area contributed by atoms with Crippen LogP contribution in [0.25, 0.3) is 0 Å². The molecule has 2 N–H and O–H groups in total. The monoisotopic (exact) mass is 341 g/mol. The summed E-state index contributed by atoms with van der Waals surface area (Å²) in [5.41, 5.74) is 2.31. The molecule has 0 heterocycles. The first-order valence-corrected chi connectivity index (χ1v) is 6.91. The summed E-state index contributed by atoms with van der Waals surface area (Å²) in [4.78, 5) is 10.1. The summed E-state index contributed by atoms with van der Waals surface area (Å²) in [6, 6.07) is 2.46. The molecule has 9 nitrogen and oxygen atoms in total. The first-order chi connectivity index (χ1) is 10.9. The molecule has 0 amide bonds. The van der Waals surface area contributed by atoms with Crippen molar-refractivity contribution in [2.24, 2.45) is 5.10 Å². The van der Waals surface area contributed by atoms with Crippen LogP contribution in [-0.2, 0) is 4.74 Å². The third-order valence-corrected chi connectivity index (χ3v) is 2.86. The van der Waals surface area contributed by atoms with Crippen LogP contribution in [0.4, 0.5) is 5.69 Å². The number of methoxy groups -OCH3 is 2. The van der Waals surface area contributed by atoms with Crippen LogP contribution in [0.1, 0.15) is 12.5 Å². The van der Waals surface area contributed by atoms with Gasteiger partial charge in [0.2, 0.25) is 0 Å². The quantitative estimate of drug-likeness (QED) is 0.318. The minimum Gasteiger partial charge on any atom is -0.865 e. The molecule has 1 aromatic rings. The Bertz CT molecular complexity index is 608. The highest BCUT2D eigenvalue weighted by Crippen LogP contribution is 2.33. The van der Waals surface area contributed by atoms with Gasteiger partial charge in [0.05, 0.1) is 24.9 Å². The molecule has 0 aliphatic rings. The molecule has 0 aliphatic carbocycles. The molecule has 1 rings (SSSR count). The lowest BCUT2D eigenvalue weighted by Gasteiger charge is -2.14. The van der Waals surface area contributed by atoms with Gasteiger partial charge in [-0.1, -0.05) is 0 Å². The van der Waals surface area contributed by atoms with Gasteiger partial charge in [0.15, 0.2) is 5.11 Å². The Morgan fingerprint density at radius 2 is 2.22 bits per heavy atom. The Hall–Kier alpha value is -2.46. The van der Waals surface area contributed by atoms with Crippen molar-refractivity contribution >= 4 is 29.2 Å². The highest BCUT2D eigenvalue weighted by Gasteiger charge is 2.12. The standard InChI is InChI=1S/C13H18N4O5S/c1-8(7-21-2)15-13(23)16-14-6-9-4-10(17(19)20)12(18)11(5-9)22-3/h4-6,8,18H,7H2,1-3H3,(H2,15,16,23)/p-1/b14-6-/t8-/m0/s1. The lowest BCUT2D eigenvalue weighted by molar-refractivity contribution is -0.398. The average Bonchev–Trinajstić information content (AvgIpc) is 2.48. The van der Waals surface area contributed by atoms with Crippen molar-refractivity contribution < 1.29 is 19.5 Å². The van der Waals surface area contributed by atoms with E-state index in [0.29, 0.717) is 12.2 Å². The second-order valence-electron chi connectivity index (χ2n) is 4.53. The van der Waals surface area contributed by atoms with Crippen LogP contribution in [0.5, 0.6) is 11.5 Å². The number of thiocarbonyl (C=S) groups is 1. The lowest BCUT2D eigenvalue weighted by Crippen LogP contribution is -2.40. The Morgan fingerprint density at radius 3 is 2.78 bits per heavy atom. The Morgan fingerprint density at radius 1 is 1.52 bits per heavy atom. The molecule has 1 aromatic carbocycles. The number of benzene rings is 1. The molecule has 23 heavy (non-hydrogen) atoms. The van der Waals surface area contributed by atoms with E-state index in [2.05, 4.69) is 15.8 Å². The number of rotatable bonds is 7. The van der Waals surface area contributed by atoms with E-state index in [4.69, 9.17) is 21.7 Å². The highest BCUT2D eigenvalue weighted by molar-refractivity contribution is 7.80. The fraction of sp³-hybridized carbons (Fsp3) is 0.385. The van der Waals surface area contributed by atoms with Crippen LogP contribution in [-0.4, -0.2) is 43.1 Å². The van der Waals surface area contributed by atoms with Gasteiger partial charge in [-0.15, -0.1) is 0 Å². The lowest BCUT2D eigenvalue weighted by atomic mass is 10.2. The summed E-state index contributed by atoms with van der Waals surface area (Å²) in [5, 5.41) is 29.6. The molecule has 126 valence electrons. The Balaban J connectivity index is 2.78. The van der Waals surface area contributed by atoms with Crippen molar-refractivity contribution in [1.82, 2.24) is 10.7 Å². The number of nitro benzene ring substituents is 1. The average molecular weight is 341 g/mol. The second-order valence-corrected chi connectivity index (χ2v) is 4.94. The number of ether oxygens (including phenoxy) is 2. The molecule has 0 aliphatic heterocycles. The van der Waals surface area contributed by atoms with E-state index < -0.39 is 16.4 Å². The van der Waals surface area contributed by atoms with Gasteiger partial charge < -0.3 is 19.9 Å². The zero-order valence-electron chi connectivity index (χ0n) is 12.9. The van der Waals surface area contributed by atoms with Gasteiger partial charge in [0.25, 0.3) is 5.69 Å². The van der Waals surface area contributed by atoms with E-state index in [9.17, 15) is 15.2 Å². The van der Waals surface area contributed by atoms with E-state index in [1.54, 1.807) is 7.11 Å². The van der Waals surface area contributed by atoms with Crippen molar-refractivity contribution in [2.75, 3.05) is 20.8 Å². The van der Waals surface area contributed by atoms with Gasteiger partial charge in [-0.3, -0.25) is 15.5 Å². The summed E-state index contributed by atoms with van der Waals surface area (Å²) in [6.45, 7) is 2.35. The fourth-order valence-corrected chi connectivity index (χ4v) is 1.94. The molecule has 1 atom stereocenters. The fourth-order valence-electron chi connectivity index (χ4n) is 1.68. The summed E-state index contributed by atoms with van der Waals surface area (Å²) < 4.78 is 9.79. The predicted octanol–water partition coefficient (Wildman–Crippen LogP) is 0.510. The van der Waals surface area contributed by atoms with Crippen LogP contribution in [0, 0.1) is 10.1 Å². The van der Waals surface area contributed by atoms with Crippen LogP contribution in [0.3, 0.4) is 0 Å². The number of nitrogens with one attached hydrogen (secondary N) is 2. The summed E-state index contributed by atoms with van der Waals surface area (Å²) >= 11 is 5.02. The normalized spacial score (nSPS) is 12.0. The molecule has 0 saturated heterocycles. The topological polar surface area (TPSA) is 121 Å². The van der Waals surface area contributed by atoms with Crippen LogP contribution in [0.2, 0.25) is 0 Å². The molecular weight excluding hydrogens is 324 g/mol. The molecule has 10 heteroatoms. The predicted molar refractivity (Wildman–Crippen MR) is 86.9 cm³/mol. The molecule has 0 saturated carbocycles. The first-order valence-electron chi connectivity index (χ1n) is 6.51.